The third-order valence-electron chi connectivity index (χ3n) is 7.14. The van der Waals surface area contributed by atoms with Gasteiger partial charge in [0.15, 0.2) is 0 Å². The Kier molecular flexibility index (Phi) is 11.3. The zero-order valence-electron chi connectivity index (χ0n) is 21.6. The lowest BCUT2D eigenvalue weighted by Gasteiger charge is -2.37. The second-order valence-electron chi connectivity index (χ2n) is 10.0. The van der Waals surface area contributed by atoms with Crippen molar-refractivity contribution in [3.05, 3.63) is 33.8 Å². The quantitative estimate of drug-likeness (QED) is 0.412. The predicted molar refractivity (Wildman–Crippen MR) is 138 cm³/mol. The van der Waals surface area contributed by atoms with Gasteiger partial charge in [0, 0.05) is 24.3 Å². The monoisotopic (exact) mass is 507 g/mol. The molecule has 0 bridgehead atoms. The van der Waals surface area contributed by atoms with Crippen molar-refractivity contribution in [2.45, 2.75) is 91.5 Å². The number of hydrogen-bond donors (Lipinski definition) is 3. The number of ketones is 1. The highest BCUT2D eigenvalue weighted by atomic mass is 32.1. The molecule has 1 aliphatic rings. The van der Waals surface area contributed by atoms with Crippen LogP contribution in [0.25, 0.3) is 6.08 Å². The van der Waals surface area contributed by atoms with Crippen LogP contribution in [0.1, 0.15) is 76.9 Å². The Hall–Kier alpha value is -1.87. The molecule has 0 radical (unpaired) electrons. The van der Waals surface area contributed by atoms with Crippen LogP contribution in [0, 0.1) is 24.2 Å². The zero-order valence-corrected chi connectivity index (χ0v) is 22.4. The summed E-state index contributed by atoms with van der Waals surface area (Å²) in [6, 6.07) is 0. The molecule has 0 saturated carbocycles. The molecule has 35 heavy (non-hydrogen) atoms. The van der Waals surface area contributed by atoms with E-state index < -0.39 is 35.6 Å². The van der Waals surface area contributed by atoms with Gasteiger partial charge in [-0.3, -0.25) is 9.59 Å². The van der Waals surface area contributed by atoms with Gasteiger partial charge in [0.1, 0.15) is 11.9 Å². The molecule has 6 atom stereocenters. The Bertz CT molecular complexity index is 909. The average Bonchev–Trinajstić information content (AvgIpc) is 3.22. The van der Waals surface area contributed by atoms with Crippen LogP contribution >= 0.6 is 11.3 Å². The van der Waals surface area contributed by atoms with Gasteiger partial charge in [-0.25, -0.2) is 4.98 Å². The second-order valence-corrected chi connectivity index (χ2v) is 11.1. The standard InChI is InChI=1S/C27H41NO6S/c1-17-10-8-6-7-9-11-22(18(2)14-21-16-35-20(4)28-21)34-24(31)15-23(30)27(5,12-13-29)26(33)19(3)25(17)32/h7,9,14,16-17,19,22-23,25,29-30,32H,6,8,10-13,15H2,1-5H3/b9-7-,18-14+/t17-,19+,22-,23-,25-,27?/m0/s1. The van der Waals surface area contributed by atoms with Crippen LogP contribution in [0.3, 0.4) is 0 Å². The Morgan fingerprint density at radius 1 is 1.29 bits per heavy atom. The first kappa shape index (κ1) is 29.4. The number of aliphatic hydroxyl groups is 3. The number of nitrogens with zero attached hydrogens (tertiary/aromatic N) is 1. The summed E-state index contributed by atoms with van der Waals surface area (Å²) >= 11 is 1.54. The van der Waals surface area contributed by atoms with Gasteiger partial charge in [-0.15, -0.1) is 11.3 Å². The molecule has 3 N–H and O–H groups in total. The van der Waals surface area contributed by atoms with E-state index in [2.05, 4.69) is 4.98 Å². The molecular weight excluding hydrogens is 466 g/mol. The number of rotatable bonds is 4. The third kappa shape index (κ3) is 8.07. The summed E-state index contributed by atoms with van der Waals surface area (Å²) in [7, 11) is 0. The summed E-state index contributed by atoms with van der Waals surface area (Å²) in [5.74, 6) is -1.82. The second kappa shape index (κ2) is 13.4. The molecule has 196 valence electrons. The Balaban J connectivity index is 2.34. The highest BCUT2D eigenvalue weighted by Crippen LogP contribution is 2.35. The largest absolute Gasteiger partial charge is 0.457 e. The maximum absolute atomic E-state index is 13.4. The lowest BCUT2D eigenvalue weighted by atomic mass is 9.70. The number of ether oxygens (including phenoxy) is 1. The lowest BCUT2D eigenvalue weighted by Crippen LogP contribution is -2.48. The van der Waals surface area contributed by atoms with E-state index in [9.17, 15) is 24.9 Å². The van der Waals surface area contributed by atoms with E-state index in [-0.39, 0.29) is 31.1 Å². The van der Waals surface area contributed by atoms with Crippen molar-refractivity contribution >= 4 is 29.2 Å². The number of aliphatic hydroxyl groups excluding tert-OH is 3. The van der Waals surface area contributed by atoms with Crippen LogP contribution in [0.2, 0.25) is 0 Å². The van der Waals surface area contributed by atoms with Crippen molar-refractivity contribution in [3.63, 3.8) is 0 Å². The number of hydrogen-bond acceptors (Lipinski definition) is 8. The molecule has 0 aliphatic carbocycles. The third-order valence-corrected chi connectivity index (χ3v) is 7.93. The predicted octanol–water partition coefficient (Wildman–Crippen LogP) is 4.24. The highest BCUT2D eigenvalue weighted by molar-refractivity contribution is 7.09. The van der Waals surface area contributed by atoms with E-state index in [1.807, 2.05) is 44.4 Å². The molecular formula is C27H41NO6S. The van der Waals surface area contributed by atoms with Crippen molar-refractivity contribution in [1.82, 2.24) is 4.98 Å². The molecule has 0 aromatic carbocycles. The summed E-state index contributed by atoms with van der Waals surface area (Å²) in [6.07, 6.45) is 5.69. The fraction of sp³-hybridized carbons (Fsp3) is 0.667. The number of cyclic esters (lactones) is 1. The van der Waals surface area contributed by atoms with Gasteiger partial charge in [0.2, 0.25) is 0 Å². The fourth-order valence-corrected chi connectivity index (χ4v) is 5.18. The number of carbonyl (C=O) groups is 2. The van der Waals surface area contributed by atoms with Crippen LogP contribution in [-0.4, -0.2) is 57.0 Å². The van der Waals surface area contributed by atoms with Crippen molar-refractivity contribution in [2.24, 2.45) is 17.3 Å². The molecule has 2 rings (SSSR count). The molecule has 0 fully saturated rings. The maximum atomic E-state index is 13.4. The first-order valence-electron chi connectivity index (χ1n) is 12.5. The Morgan fingerprint density at radius 2 is 2.00 bits per heavy atom. The minimum Gasteiger partial charge on any atom is -0.457 e. The van der Waals surface area contributed by atoms with Crippen LogP contribution in [-0.2, 0) is 14.3 Å². The zero-order chi connectivity index (χ0) is 26.2. The Labute approximate surface area is 212 Å². The number of allylic oxidation sites excluding steroid dienone is 1. The van der Waals surface area contributed by atoms with Gasteiger partial charge < -0.3 is 20.1 Å². The van der Waals surface area contributed by atoms with E-state index in [0.717, 1.165) is 35.5 Å². The van der Waals surface area contributed by atoms with Crippen LogP contribution in [0.5, 0.6) is 0 Å². The van der Waals surface area contributed by atoms with E-state index in [1.165, 1.54) is 0 Å². The van der Waals surface area contributed by atoms with Gasteiger partial charge >= 0.3 is 5.97 Å². The van der Waals surface area contributed by atoms with Gasteiger partial charge in [-0.2, -0.15) is 0 Å². The lowest BCUT2D eigenvalue weighted by molar-refractivity contribution is -0.155. The van der Waals surface area contributed by atoms with Crippen LogP contribution < -0.4 is 0 Å². The number of carbonyl (C=O) groups excluding carboxylic acids is 2. The number of thiazole rings is 1. The summed E-state index contributed by atoms with van der Waals surface area (Å²) in [5.41, 5.74) is 0.256. The van der Waals surface area contributed by atoms with Crippen LogP contribution in [0.4, 0.5) is 0 Å². The molecule has 0 amide bonds. The number of Topliss-reactive ketones (excluding diaryl/α,β-unsaturated/α-hetero) is 1. The highest BCUT2D eigenvalue weighted by Gasteiger charge is 2.45. The van der Waals surface area contributed by atoms with Gasteiger partial charge in [-0.1, -0.05) is 32.9 Å². The Morgan fingerprint density at radius 3 is 2.63 bits per heavy atom. The molecule has 8 heteroatoms. The molecule has 1 unspecified atom stereocenters. The molecule has 1 aliphatic heterocycles. The average molecular weight is 508 g/mol. The van der Waals surface area contributed by atoms with Gasteiger partial charge in [-0.05, 0) is 57.1 Å². The SMILES string of the molecule is C/C(=C\c1csc(C)n1)[C@@H]1C/C=C\CCC[C@H](C)[C@H](O)[C@@H](C)C(=O)C(C)(CCO)[C@@H](O)CC(=O)O1. The summed E-state index contributed by atoms with van der Waals surface area (Å²) in [4.78, 5) is 30.7. The van der Waals surface area contributed by atoms with E-state index in [0.29, 0.717) is 6.42 Å². The topological polar surface area (TPSA) is 117 Å². The molecule has 2 heterocycles. The summed E-state index contributed by atoms with van der Waals surface area (Å²) in [5, 5.41) is 34.3. The molecule has 1 aromatic rings. The van der Waals surface area contributed by atoms with Gasteiger partial charge in [0.05, 0.1) is 34.7 Å². The van der Waals surface area contributed by atoms with E-state index in [1.54, 1.807) is 25.2 Å². The molecule has 7 nitrogen and oxygen atoms in total. The van der Waals surface area contributed by atoms with Crippen LogP contribution in [0.15, 0.2) is 23.1 Å². The van der Waals surface area contributed by atoms with Crippen molar-refractivity contribution in [2.75, 3.05) is 6.61 Å². The number of aromatic nitrogens is 1. The maximum Gasteiger partial charge on any atom is 0.309 e. The van der Waals surface area contributed by atoms with Crippen molar-refractivity contribution in [1.29, 1.82) is 0 Å². The fourth-order valence-electron chi connectivity index (χ4n) is 4.61. The number of aryl methyl sites for hydroxylation is 1. The summed E-state index contributed by atoms with van der Waals surface area (Å²) < 4.78 is 5.77. The first-order chi connectivity index (χ1) is 16.5. The summed E-state index contributed by atoms with van der Waals surface area (Å²) in [6.45, 7) is 8.62. The minimum atomic E-state index is -1.39. The number of esters is 1. The first-order valence-corrected chi connectivity index (χ1v) is 13.3. The van der Waals surface area contributed by atoms with Crippen molar-refractivity contribution < 1.29 is 29.6 Å². The van der Waals surface area contributed by atoms with E-state index >= 15 is 0 Å². The molecule has 0 saturated heterocycles. The minimum absolute atomic E-state index is 0.0139. The molecule has 0 spiro atoms. The van der Waals surface area contributed by atoms with Crippen molar-refractivity contribution in [3.8, 4) is 0 Å². The van der Waals surface area contributed by atoms with Gasteiger partial charge in [0.25, 0.3) is 0 Å². The van der Waals surface area contributed by atoms with E-state index in [4.69, 9.17) is 4.74 Å². The normalized spacial score (nSPS) is 33.4. The molecule has 1 aromatic heterocycles. The smallest absolute Gasteiger partial charge is 0.309 e.